The highest BCUT2D eigenvalue weighted by Crippen LogP contribution is 2.41. The minimum absolute atomic E-state index is 0.392. The molecule has 0 bridgehead atoms. The van der Waals surface area contributed by atoms with Crippen molar-refractivity contribution < 1.29 is 9.84 Å². The molecule has 0 aliphatic heterocycles. The molecule has 1 fully saturated rings. The minimum Gasteiger partial charge on any atom is -0.385 e. The maximum atomic E-state index is 10.9. The van der Waals surface area contributed by atoms with Gasteiger partial charge in [-0.05, 0) is 37.8 Å². The summed E-state index contributed by atoms with van der Waals surface area (Å²) < 4.78 is 5.81. The Bertz CT molecular complexity index is 417. The molecule has 1 aromatic rings. The highest BCUT2D eigenvalue weighted by molar-refractivity contribution is 5.33. The Morgan fingerprint density at radius 3 is 2.26 bits per heavy atom. The quantitative estimate of drug-likeness (QED) is 0.832. The van der Waals surface area contributed by atoms with E-state index in [0.29, 0.717) is 0 Å². The molecule has 0 heterocycles. The van der Waals surface area contributed by atoms with Gasteiger partial charge in [0.05, 0.1) is 5.60 Å². The first-order valence-corrected chi connectivity index (χ1v) is 7.39. The van der Waals surface area contributed by atoms with E-state index in [0.717, 1.165) is 36.8 Å². The lowest BCUT2D eigenvalue weighted by Gasteiger charge is -2.37. The van der Waals surface area contributed by atoms with E-state index in [2.05, 4.69) is 32.0 Å². The fraction of sp³-hybridized carbons (Fsp3) is 0.647. The highest BCUT2D eigenvalue weighted by atomic mass is 16.5. The van der Waals surface area contributed by atoms with Crippen molar-refractivity contribution in [2.75, 3.05) is 7.11 Å². The molecule has 0 saturated heterocycles. The van der Waals surface area contributed by atoms with E-state index in [1.807, 2.05) is 0 Å². The van der Waals surface area contributed by atoms with E-state index in [-0.39, 0.29) is 0 Å². The number of hydrogen-bond acceptors (Lipinski definition) is 2. The van der Waals surface area contributed by atoms with Gasteiger partial charge in [0.2, 0.25) is 0 Å². The summed E-state index contributed by atoms with van der Waals surface area (Å²) in [6.07, 6.45) is 6.20. The van der Waals surface area contributed by atoms with Crippen LogP contribution in [0.3, 0.4) is 0 Å². The van der Waals surface area contributed by atoms with Gasteiger partial charge >= 0.3 is 0 Å². The SMILES string of the molecule is COC1(C(O)c2ccc(C)cc2C)CCCCCC1. The molecule has 0 spiro atoms. The molecule has 0 radical (unpaired) electrons. The summed E-state index contributed by atoms with van der Waals surface area (Å²) in [5.41, 5.74) is 3.03. The second-order valence-electron chi connectivity index (χ2n) is 5.95. The van der Waals surface area contributed by atoms with Crippen molar-refractivity contribution in [3.05, 3.63) is 34.9 Å². The molecule has 0 amide bonds. The number of methoxy groups -OCH3 is 1. The Hall–Kier alpha value is -0.860. The molecule has 2 heteroatoms. The summed E-state index contributed by atoms with van der Waals surface area (Å²) in [6, 6.07) is 6.27. The molecule has 1 saturated carbocycles. The first kappa shape index (κ1) is 14.5. The summed E-state index contributed by atoms with van der Waals surface area (Å²) in [4.78, 5) is 0. The second-order valence-corrected chi connectivity index (χ2v) is 5.95. The van der Waals surface area contributed by atoms with Gasteiger partial charge in [-0.2, -0.15) is 0 Å². The van der Waals surface area contributed by atoms with E-state index in [4.69, 9.17) is 4.74 Å². The van der Waals surface area contributed by atoms with Crippen LogP contribution >= 0.6 is 0 Å². The zero-order chi connectivity index (χ0) is 13.9. The van der Waals surface area contributed by atoms with E-state index in [1.165, 1.54) is 18.4 Å². The van der Waals surface area contributed by atoms with Crippen LogP contribution in [0.25, 0.3) is 0 Å². The fourth-order valence-electron chi connectivity index (χ4n) is 3.33. The number of benzene rings is 1. The zero-order valence-corrected chi connectivity index (χ0v) is 12.4. The van der Waals surface area contributed by atoms with E-state index < -0.39 is 11.7 Å². The molecule has 1 atom stereocenters. The largest absolute Gasteiger partial charge is 0.385 e. The first-order valence-electron chi connectivity index (χ1n) is 7.39. The number of aliphatic hydroxyl groups excluding tert-OH is 1. The van der Waals surface area contributed by atoms with Crippen molar-refractivity contribution in [3.63, 3.8) is 0 Å². The molecule has 1 aliphatic rings. The molecular formula is C17H26O2. The third kappa shape index (κ3) is 3.01. The molecule has 2 rings (SSSR count). The molecule has 1 N–H and O–H groups in total. The minimum atomic E-state index is -0.517. The lowest BCUT2D eigenvalue weighted by atomic mass is 9.82. The van der Waals surface area contributed by atoms with Gasteiger partial charge in [0.1, 0.15) is 6.10 Å². The first-order chi connectivity index (χ1) is 9.09. The lowest BCUT2D eigenvalue weighted by molar-refractivity contribution is -0.114. The van der Waals surface area contributed by atoms with E-state index >= 15 is 0 Å². The normalized spacial score (nSPS) is 20.8. The van der Waals surface area contributed by atoms with E-state index in [1.54, 1.807) is 7.11 Å². The number of aliphatic hydroxyl groups is 1. The monoisotopic (exact) mass is 262 g/mol. The Morgan fingerprint density at radius 1 is 1.11 bits per heavy atom. The Morgan fingerprint density at radius 2 is 1.74 bits per heavy atom. The zero-order valence-electron chi connectivity index (χ0n) is 12.4. The molecule has 1 unspecified atom stereocenters. The molecule has 1 aromatic carbocycles. The maximum Gasteiger partial charge on any atom is 0.108 e. The van der Waals surface area contributed by atoms with Crippen molar-refractivity contribution >= 4 is 0 Å². The van der Waals surface area contributed by atoms with Crippen LogP contribution in [0, 0.1) is 13.8 Å². The molecular weight excluding hydrogens is 236 g/mol. The van der Waals surface area contributed by atoms with Crippen LogP contribution in [0.15, 0.2) is 18.2 Å². The topological polar surface area (TPSA) is 29.5 Å². The van der Waals surface area contributed by atoms with Gasteiger partial charge in [0.25, 0.3) is 0 Å². The standard InChI is InChI=1S/C17H26O2/c1-13-8-9-15(14(2)12-13)16(18)17(19-3)10-6-4-5-7-11-17/h8-9,12,16,18H,4-7,10-11H2,1-3H3. The molecule has 0 aromatic heterocycles. The van der Waals surface area contributed by atoms with Gasteiger partial charge in [-0.25, -0.2) is 0 Å². The van der Waals surface area contributed by atoms with Crippen molar-refractivity contribution in [1.29, 1.82) is 0 Å². The molecule has 106 valence electrons. The number of ether oxygens (including phenoxy) is 1. The van der Waals surface area contributed by atoms with Crippen molar-refractivity contribution in [2.45, 2.75) is 64.1 Å². The Kier molecular flexibility index (Phi) is 4.64. The van der Waals surface area contributed by atoms with Gasteiger partial charge in [-0.3, -0.25) is 0 Å². The number of rotatable bonds is 3. The fourth-order valence-corrected chi connectivity index (χ4v) is 3.33. The summed E-state index contributed by atoms with van der Waals surface area (Å²) >= 11 is 0. The third-order valence-electron chi connectivity index (χ3n) is 4.57. The summed E-state index contributed by atoms with van der Waals surface area (Å²) in [5, 5.41) is 10.9. The number of hydrogen-bond donors (Lipinski definition) is 1. The van der Waals surface area contributed by atoms with Gasteiger partial charge < -0.3 is 9.84 Å². The lowest BCUT2D eigenvalue weighted by Crippen LogP contribution is -2.38. The van der Waals surface area contributed by atoms with Crippen molar-refractivity contribution in [2.24, 2.45) is 0 Å². The van der Waals surface area contributed by atoms with Crippen LogP contribution in [0.1, 0.15) is 61.3 Å². The average molecular weight is 262 g/mol. The van der Waals surface area contributed by atoms with Gasteiger partial charge in [-0.1, -0.05) is 49.4 Å². The summed E-state index contributed by atoms with van der Waals surface area (Å²) in [5.74, 6) is 0. The predicted molar refractivity (Wildman–Crippen MR) is 78.3 cm³/mol. The smallest absolute Gasteiger partial charge is 0.108 e. The molecule has 19 heavy (non-hydrogen) atoms. The predicted octanol–water partition coefficient (Wildman–Crippen LogP) is 4.08. The third-order valence-corrected chi connectivity index (χ3v) is 4.57. The summed E-state index contributed by atoms with van der Waals surface area (Å²) in [7, 11) is 1.75. The van der Waals surface area contributed by atoms with Crippen molar-refractivity contribution in [1.82, 2.24) is 0 Å². The van der Waals surface area contributed by atoms with Crippen LogP contribution < -0.4 is 0 Å². The van der Waals surface area contributed by atoms with Gasteiger partial charge in [0.15, 0.2) is 0 Å². The number of aryl methyl sites for hydroxylation is 2. The van der Waals surface area contributed by atoms with Gasteiger partial charge in [0, 0.05) is 7.11 Å². The van der Waals surface area contributed by atoms with Crippen LogP contribution in [0.4, 0.5) is 0 Å². The molecule has 2 nitrogen and oxygen atoms in total. The second kappa shape index (κ2) is 6.06. The average Bonchev–Trinajstić information content (AvgIpc) is 2.64. The maximum absolute atomic E-state index is 10.9. The van der Waals surface area contributed by atoms with Crippen LogP contribution in [-0.2, 0) is 4.74 Å². The van der Waals surface area contributed by atoms with Gasteiger partial charge in [-0.15, -0.1) is 0 Å². The Balaban J connectivity index is 2.31. The highest BCUT2D eigenvalue weighted by Gasteiger charge is 2.39. The Labute approximate surface area is 116 Å². The van der Waals surface area contributed by atoms with Crippen LogP contribution in [-0.4, -0.2) is 17.8 Å². The van der Waals surface area contributed by atoms with Crippen molar-refractivity contribution in [3.8, 4) is 0 Å². The van der Waals surface area contributed by atoms with E-state index in [9.17, 15) is 5.11 Å². The van der Waals surface area contributed by atoms with Crippen LogP contribution in [0.2, 0.25) is 0 Å². The summed E-state index contributed by atoms with van der Waals surface area (Å²) in [6.45, 7) is 4.16. The van der Waals surface area contributed by atoms with Crippen LogP contribution in [0.5, 0.6) is 0 Å². The molecule has 1 aliphatic carbocycles.